The van der Waals surface area contributed by atoms with Gasteiger partial charge in [0.05, 0.1) is 6.10 Å². The molecule has 2 saturated carbocycles. The second kappa shape index (κ2) is 6.49. The molecule has 1 spiro atoms. The zero-order valence-corrected chi connectivity index (χ0v) is 19.1. The van der Waals surface area contributed by atoms with Gasteiger partial charge in [0.1, 0.15) is 6.10 Å². The van der Waals surface area contributed by atoms with Gasteiger partial charge in [0.25, 0.3) is 0 Å². The first-order valence-corrected chi connectivity index (χ1v) is 12.5. The summed E-state index contributed by atoms with van der Waals surface area (Å²) in [5.74, 6) is 2.25. The van der Waals surface area contributed by atoms with Crippen molar-refractivity contribution >= 4 is 15.9 Å². The maximum atomic E-state index is 11.7. The molecule has 2 bridgehead atoms. The van der Waals surface area contributed by atoms with E-state index in [9.17, 15) is 10.2 Å². The normalized spacial score (nSPS) is 37.9. The van der Waals surface area contributed by atoms with Gasteiger partial charge in [-0.2, -0.15) is 0 Å². The Hall–Kier alpha value is -1.56. The number of likely N-dealkylation sites (tertiary alicyclic amines) is 1. The highest BCUT2D eigenvalue weighted by Gasteiger charge is 2.67. The molecule has 5 heteroatoms. The van der Waals surface area contributed by atoms with Crippen LogP contribution >= 0.6 is 15.9 Å². The first kappa shape index (κ1) is 19.0. The lowest BCUT2D eigenvalue weighted by Crippen LogP contribution is -2.68. The smallest absolute Gasteiger partial charge is 0.165 e. The average molecular weight is 482 g/mol. The summed E-state index contributed by atoms with van der Waals surface area (Å²) >= 11 is 3.54. The number of rotatable bonds is 3. The van der Waals surface area contributed by atoms with Gasteiger partial charge in [-0.3, -0.25) is 4.90 Å². The molecule has 0 radical (unpaired) electrons. The van der Waals surface area contributed by atoms with E-state index in [0.29, 0.717) is 17.7 Å². The highest BCUT2D eigenvalue weighted by molar-refractivity contribution is 9.10. The third-order valence-corrected chi connectivity index (χ3v) is 9.52. The minimum Gasteiger partial charge on any atom is -0.504 e. The largest absolute Gasteiger partial charge is 0.504 e. The van der Waals surface area contributed by atoms with Crippen LogP contribution in [0.4, 0.5) is 0 Å². The van der Waals surface area contributed by atoms with Crippen LogP contribution in [-0.4, -0.2) is 46.5 Å². The number of piperidine rings is 1. The van der Waals surface area contributed by atoms with Crippen molar-refractivity contribution in [2.24, 2.45) is 11.8 Å². The number of benzene rings is 2. The number of phenolic OH excluding ortho intramolecular Hbond substituents is 1. The predicted molar refractivity (Wildman–Crippen MR) is 122 cm³/mol. The quantitative estimate of drug-likeness (QED) is 0.683. The highest BCUT2D eigenvalue weighted by atomic mass is 79.9. The summed E-state index contributed by atoms with van der Waals surface area (Å²) < 4.78 is 7.56. The van der Waals surface area contributed by atoms with Crippen LogP contribution in [-0.2, 0) is 11.8 Å². The van der Waals surface area contributed by atoms with Gasteiger partial charge in [-0.25, -0.2) is 0 Å². The number of nitrogens with zero attached hydrogens (tertiary/aromatic N) is 1. The molecule has 2 N–H and O–H groups in total. The Kier molecular flexibility index (Phi) is 3.97. The zero-order valence-electron chi connectivity index (χ0n) is 17.5. The van der Waals surface area contributed by atoms with Crippen molar-refractivity contribution in [2.75, 3.05) is 13.1 Å². The molecule has 0 aromatic heterocycles. The van der Waals surface area contributed by atoms with Crippen LogP contribution in [0, 0.1) is 11.8 Å². The molecule has 31 heavy (non-hydrogen) atoms. The molecule has 2 aliphatic heterocycles. The standard InChI is InChI=1S/C26H28BrNO3/c27-17-6-3-15(4-7-17)18-12-19-20-11-16-5-8-21(29)24-22(16)26(19,25(31-24)23(18)30)9-10-28(20)13-14-1-2-14/h3-8,14,18-20,23,25,29-30H,1-2,9-13H2/t18-,19+,20-,23+,25+,26+/m1/s1. The van der Waals surface area contributed by atoms with Crippen molar-refractivity contribution in [1.82, 2.24) is 4.90 Å². The summed E-state index contributed by atoms with van der Waals surface area (Å²) in [5, 5.41) is 22.3. The molecule has 1 saturated heterocycles. The Morgan fingerprint density at radius 1 is 1.13 bits per heavy atom. The Morgan fingerprint density at radius 2 is 1.94 bits per heavy atom. The first-order chi connectivity index (χ1) is 15.1. The SMILES string of the molecule is Oc1ccc2c3c1O[C@H]1[C@@H](O)[C@@H](c4ccc(Br)cc4)C[C@H]4[C@@H](C2)N(CC2CC2)CC[C@@]341. The number of hydrogen-bond donors (Lipinski definition) is 2. The molecule has 5 aliphatic rings. The van der Waals surface area contributed by atoms with Gasteiger partial charge in [-0.15, -0.1) is 0 Å². The van der Waals surface area contributed by atoms with Crippen LogP contribution in [0.3, 0.4) is 0 Å². The van der Waals surface area contributed by atoms with Crippen LogP contribution in [0.2, 0.25) is 0 Å². The van der Waals surface area contributed by atoms with Gasteiger partial charge in [0.15, 0.2) is 11.5 Å². The molecular weight excluding hydrogens is 454 g/mol. The van der Waals surface area contributed by atoms with Gasteiger partial charge >= 0.3 is 0 Å². The molecule has 2 heterocycles. The van der Waals surface area contributed by atoms with Gasteiger partial charge in [0, 0.05) is 34.0 Å². The second-order valence-corrected chi connectivity index (χ2v) is 11.4. The van der Waals surface area contributed by atoms with E-state index in [1.54, 1.807) is 6.07 Å². The molecule has 3 fully saturated rings. The number of ether oxygens (including phenoxy) is 1. The number of phenols is 1. The summed E-state index contributed by atoms with van der Waals surface area (Å²) in [6.07, 6.45) is 4.90. The molecule has 0 amide bonds. The van der Waals surface area contributed by atoms with E-state index >= 15 is 0 Å². The van der Waals surface area contributed by atoms with Crippen LogP contribution in [0.25, 0.3) is 0 Å². The first-order valence-electron chi connectivity index (χ1n) is 11.8. The number of aliphatic hydroxyl groups excluding tert-OH is 1. The predicted octanol–water partition coefficient (Wildman–Crippen LogP) is 4.36. The number of aliphatic hydroxyl groups is 1. The summed E-state index contributed by atoms with van der Waals surface area (Å²) in [4.78, 5) is 2.76. The van der Waals surface area contributed by atoms with Crippen LogP contribution in [0.5, 0.6) is 11.5 Å². The Morgan fingerprint density at radius 3 is 2.71 bits per heavy atom. The zero-order chi connectivity index (χ0) is 20.9. The van der Waals surface area contributed by atoms with Crippen molar-refractivity contribution in [3.8, 4) is 11.5 Å². The summed E-state index contributed by atoms with van der Waals surface area (Å²) in [6, 6.07) is 12.8. The van der Waals surface area contributed by atoms with E-state index in [1.807, 2.05) is 0 Å². The topological polar surface area (TPSA) is 52.9 Å². The number of aromatic hydroxyl groups is 1. The van der Waals surface area contributed by atoms with E-state index in [4.69, 9.17) is 4.74 Å². The van der Waals surface area contributed by atoms with E-state index in [-0.39, 0.29) is 23.2 Å². The van der Waals surface area contributed by atoms with Crippen molar-refractivity contribution < 1.29 is 14.9 Å². The highest BCUT2D eigenvalue weighted by Crippen LogP contribution is 2.65. The molecule has 2 aromatic carbocycles. The van der Waals surface area contributed by atoms with Crippen molar-refractivity contribution in [3.63, 3.8) is 0 Å². The van der Waals surface area contributed by atoms with E-state index in [0.717, 1.165) is 36.2 Å². The van der Waals surface area contributed by atoms with Crippen molar-refractivity contribution in [2.45, 2.75) is 61.7 Å². The Labute approximate surface area is 191 Å². The molecule has 0 unspecified atom stereocenters. The summed E-state index contributed by atoms with van der Waals surface area (Å²) in [7, 11) is 0. The lowest BCUT2D eigenvalue weighted by atomic mass is 9.49. The molecule has 162 valence electrons. The number of halogens is 1. The fourth-order valence-electron chi connectivity index (χ4n) is 7.49. The molecule has 6 atom stereocenters. The minimum absolute atomic E-state index is 0.0533. The van der Waals surface area contributed by atoms with Crippen LogP contribution < -0.4 is 4.74 Å². The second-order valence-electron chi connectivity index (χ2n) is 10.5. The summed E-state index contributed by atoms with van der Waals surface area (Å²) in [5.41, 5.74) is 3.56. The Bertz CT molecular complexity index is 1050. The maximum Gasteiger partial charge on any atom is 0.165 e. The maximum absolute atomic E-state index is 11.7. The van der Waals surface area contributed by atoms with Gasteiger partial charge in [0.2, 0.25) is 0 Å². The van der Waals surface area contributed by atoms with Gasteiger partial charge in [-0.05, 0) is 79.8 Å². The van der Waals surface area contributed by atoms with Crippen LogP contribution in [0.1, 0.15) is 48.3 Å². The summed E-state index contributed by atoms with van der Waals surface area (Å²) in [6.45, 7) is 2.29. The van der Waals surface area contributed by atoms with Gasteiger partial charge < -0.3 is 14.9 Å². The molecule has 3 aliphatic carbocycles. The van der Waals surface area contributed by atoms with E-state index in [2.05, 4.69) is 51.2 Å². The minimum atomic E-state index is -0.578. The monoisotopic (exact) mass is 481 g/mol. The number of hydrogen-bond acceptors (Lipinski definition) is 4. The van der Waals surface area contributed by atoms with Crippen molar-refractivity contribution in [3.05, 3.63) is 57.6 Å². The van der Waals surface area contributed by atoms with E-state index in [1.165, 1.54) is 36.1 Å². The van der Waals surface area contributed by atoms with Gasteiger partial charge in [-0.1, -0.05) is 34.1 Å². The lowest BCUT2D eigenvalue weighted by molar-refractivity contribution is -0.114. The van der Waals surface area contributed by atoms with E-state index < -0.39 is 6.10 Å². The Balaban J connectivity index is 1.37. The molecule has 7 rings (SSSR count). The molecular formula is C26H28BrNO3. The molecule has 4 nitrogen and oxygen atoms in total. The lowest BCUT2D eigenvalue weighted by Gasteiger charge is -2.60. The average Bonchev–Trinajstić information content (AvgIpc) is 3.51. The fourth-order valence-corrected chi connectivity index (χ4v) is 7.76. The molecule has 2 aromatic rings. The van der Waals surface area contributed by atoms with Crippen molar-refractivity contribution in [1.29, 1.82) is 0 Å². The fraction of sp³-hybridized carbons (Fsp3) is 0.538. The third kappa shape index (κ3) is 2.54. The van der Waals surface area contributed by atoms with Crippen LogP contribution in [0.15, 0.2) is 40.9 Å². The third-order valence-electron chi connectivity index (χ3n) is 9.00.